The third-order valence-electron chi connectivity index (χ3n) is 16.0. The number of aliphatic imine (C=N–C) groups is 3. The summed E-state index contributed by atoms with van der Waals surface area (Å²) in [6.45, 7) is 18.5. The summed E-state index contributed by atoms with van der Waals surface area (Å²) < 4.78 is 0. The molecule has 5 rings (SSSR count). The van der Waals surface area contributed by atoms with Gasteiger partial charge in [-0.1, -0.05) is 40.7 Å². The Kier molecular flexibility index (Phi) is 19.7. The van der Waals surface area contributed by atoms with Crippen LogP contribution in [-0.4, -0.2) is 98.6 Å². The van der Waals surface area contributed by atoms with Crippen molar-refractivity contribution in [1.82, 2.24) is 5.32 Å². The number of ketones is 1. The van der Waals surface area contributed by atoms with Crippen molar-refractivity contribution in [2.24, 2.45) is 89.0 Å². The van der Waals surface area contributed by atoms with Crippen LogP contribution in [0.5, 0.6) is 0 Å². The number of aliphatic hydroxyl groups excluding tert-OH is 1. The van der Waals surface area contributed by atoms with Crippen LogP contribution in [0.4, 0.5) is 0 Å². The van der Waals surface area contributed by atoms with E-state index in [0.717, 1.165) is 0 Å². The quantitative estimate of drug-likeness (QED) is 0.0943. The van der Waals surface area contributed by atoms with E-state index in [9.17, 15) is 38.7 Å². The van der Waals surface area contributed by atoms with Gasteiger partial charge >= 0.3 is 0 Å². The maximum absolute atomic E-state index is 13.5. The predicted octanol–water partition coefficient (Wildman–Crippen LogP) is 1.97. The number of hydrogen-bond donors (Lipinski definition) is 7. The Labute approximate surface area is 421 Å². The molecular formula is C49H77CoN10O10-. The van der Waals surface area contributed by atoms with Crippen LogP contribution >= 0.6 is 0 Å². The van der Waals surface area contributed by atoms with E-state index in [0.29, 0.717) is 51.8 Å². The monoisotopic (exact) mass is 1020 g/mol. The smallest absolute Gasteiger partial charge is 0.220 e. The van der Waals surface area contributed by atoms with E-state index in [1.807, 2.05) is 61.5 Å². The maximum atomic E-state index is 13.5. The third-order valence-corrected chi connectivity index (χ3v) is 16.0. The molecular weight excluding hydrogens is 948 g/mol. The Morgan fingerprint density at radius 2 is 1.27 bits per heavy atom. The van der Waals surface area contributed by atoms with E-state index in [2.05, 4.69) is 5.32 Å². The molecule has 5 aliphatic rings. The van der Waals surface area contributed by atoms with E-state index in [1.54, 1.807) is 6.92 Å². The molecule has 0 saturated carbocycles. The molecule has 5 aliphatic heterocycles. The number of nitrogens with one attached hydrogen (secondary N) is 1. The number of fused-ring (bicyclic) bond motifs is 6. The second kappa shape index (κ2) is 22.5. The van der Waals surface area contributed by atoms with Gasteiger partial charge in [0.25, 0.3) is 0 Å². The van der Waals surface area contributed by atoms with Gasteiger partial charge in [-0.3, -0.25) is 48.5 Å². The van der Waals surface area contributed by atoms with Crippen LogP contribution in [0, 0.1) is 45.3 Å². The molecule has 0 aromatic carbocycles. The molecule has 0 aliphatic carbocycles. The Hall–Kier alpha value is -5.09. The van der Waals surface area contributed by atoms with Gasteiger partial charge in [0.2, 0.25) is 35.4 Å². The molecule has 21 heteroatoms. The van der Waals surface area contributed by atoms with E-state index in [1.165, 1.54) is 6.92 Å². The average Bonchev–Trinajstić information content (AvgIpc) is 3.80. The molecule has 16 N–H and O–H groups in total. The standard InChI is InChI=1S/C49H74N10O8.Co.2H2O/c1-24(60)21-47(8)28(11-14-34(50)62)32-20-33-45(5,6)29(12-15-35(51)63)40(57-33)26(3)42-46(7,18-17-39(67)55-23-25(2)61)31(19-37(53)65)44(58-42)49(10)48(9,22-38(54)66)30(13-16-36(52)64)41(59-49)27(4)43(47)56-32;;;/h20,25,28-31,44,61H,11-19,21-23H2,1-10H3,(H12,50,51,52,53,54,55,56,57,58,59,62,63,64,65,66,67);;2*1H2/p-1. The van der Waals surface area contributed by atoms with Crippen molar-refractivity contribution in [2.45, 2.75) is 158 Å². The van der Waals surface area contributed by atoms with Crippen LogP contribution in [0.3, 0.4) is 0 Å². The normalized spacial score (nSPS) is 30.9. The molecule has 0 aromatic heterocycles. The van der Waals surface area contributed by atoms with Gasteiger partial charge in [0.1, 0.15) is 5.78 Å². The molecule has 20 nitrogen and oxygen atoms in total. The van der Waals surface area contributed by atoms with Crippen LogP contribution in [0.25, 0.3) is 5.32 Å². The summed E-state index contributed by atoms with van der Waals surface area (Å²) in [4.78, 5) is 108. The first kappa shape index (κ1) is 61.0. The van der Waals surface area contributed by atoms with Gasteiger partial charge in [-0.25, -0.2) is 0 Å². The van der Waals surface area contributed by atoms with Crippen LogP contribution < -0.4 is 34.0 Å². The summed E-state index contributed by atoms with van der Waals surface area (Å²) in [5.41, 5.74) is 28.9. The first-order valence-electron chi connectivity index (χ1n) is 23.4. The maximum Gasteiger partial charge on any atom is 0.220 e. The number of rotatable bonds is 20. The van der Waals surface area contributed by atoms with Crippen molar-refractivity contribution in [3.8, 4) is 0 Å². The van der Waals surface area contributed by atoms with E-state index in [-0.39, 0.29) is 110 Å². The SMILES string of the molecule is CC(=O)CC1(C)C2=C(C)C3=NC(C)(C4[N-]C(=C(C)C5=NC(=CC(=N2)C1CCC(N)=O)C(C)(C)C5CCC(N)=O)C(C)(CCC(=O)NCC(C)O)C4CC(N)=O)C(C)(CC(N)=O)C3CCC(N)=O.O.O.[Co]. The van der Waals surface area contributed by atoms with Crippen molar-refractivity contribution in [3.05, 3.63) is 39.6 Å². The molecule has 5 heterocycles. The number of nitrogens with zero attached hydrogens (tertiary/aromatic N) is 4. The Morgan fingerprint density at radius 3 is 1.77 bits per heavy atom. The van der Waals surface area contributed by atoms with Gasteiger partial charge in [-0.2, -0.15) is 5.70 Å². The van der Waals surface area contributed by atoms with Crippen molar-refractivity contribution < 1.29 is 66.4 Å². The zero-order valence-electron chi connectivity index (χ0n) is 42.3. The molecule has 8 bridgehead atoms. The Bertz CT molecular complexity index is 2320. The van der Waals surface area contributed by atoms with Crippen LogP contribution in [0.15, 0.2) is 49.3 Å². The largest absolute Gasteiger partial charge is 0.682 e. The minimum absolute atomic E-state index is 0. The molecule has 70 heavy (non-hydrogen) atoms. The van der Waals surface area contributed by atoms with Crippen LogP contribution in [0.1, 0.15) is 140 Å². The van der Waals surface area contributed by atoms with E-state index < -0.39 is 92.6 Å². The number of amides is 6. The van der Waals surface area contributed by atoms with Gasteiger partial charge in [0, 0.05) is 125 Å². The fourth-order valence-corrected chi connectivity index (χ4v) is 12.3. The minimum Gasteiger partial charge on any atom is -0.682 e. The molecule has 0 spiro atoms. The molecule has 1 fully saturated rings. The van der Waals surface area contributed by atoms with Crippen LogP contribution in [0.2, 0.25) is 0 Å². The fourth-order valence-electron chi connectivity index (χ4n) is 12.3. The second-order valence-corrected chi connectivity index (χ2v) is 21.3. The Balaban J connectivity index is 0.00000560. The molecule has 10 unspecified atom stereocenters. The topological polar surface area (TPSA) is 396 Å². The number of allylic oxidation sites excluding steroid dienone is 6. The second-order valence-electron chi connectivity index (χ2n) is 21.3. The summed E-state index contributed by atoms with van der Waals surface area (Å²) in [5.74, 6) is -5.67. The first-order chi connectivity index (χ1) is 30.9. The molecule has 1 saturated heterocycles. The number of aliphatic hydroxyl groups is 1. The van der Waals surface area contributed by atoms with Crippen LogP contribution in [-0.2, 0) is 50.3 Å². The molecule has 393 valence electrons. The fraction of sp³-hybridized carbons (Fsp3) is 0.673. The summed E-state index contributed by atoms with van der Waals surface area (Å²) in [5, 5.41) is 18.4. The molecule has 10 atom stereocenters. The molecule has 1 radical (unpaired) electrons. The van der Waals surface area contributed by atoms with Gasteiger partial charge in [-0.05, 0) is 88.9 Å². The van der Waals surface area contributed by atoms with E-state index >= 15 is 0 Å². The van der Waals surface area contributed by atoms with Crippen molar-refractivity contribution in [3.63, 3.8) is 0 Å². The number of Topliss-reactive ketones (excluding diaryl/α,β-unsaturated/α-hetero) is 1. The van der Waals surface area contributed by atoms with Gasteiger partial charge in [-0.15, -0.1) is 0 Å². The van der Waals surface area contributed by atoms with Crippen molar-refractivity contribution in [2.75, 3.05) is 6.54 Å². The third kappa shape index (κ3) is 11.5. The van der Waals surface area contributed by atoms with Crippen molar-refractivity contribution >= 4 is 58.4 Å². The predicted molar refractivity (Wildman–Crippen MR) is 263 cm³/mol. The summed E-state index contributed by atoms with van der Waals surface area (Å²) in [6, 6.07) is -0.903. The number of carbonyl (C=O) groups is 7. The number of primary amides is 5. The molecule has 6 amide bonds. The zero-order chi connectivity index (χ0) is 50.4. The number of hydrogen-bond acceptors (Lipinski definition) is 11. The zero-order valence-corrected chi connectivity index (χ0v) is 43.4. The average molecular weight is 1030 g/mol. The van der Waals surface area contributed by atoms with Crippen molar-refractivity contribution in [1.29, 1.82) is 0 Å². The first-order valence-corrected chi connectivity index (χ1v) is 23.4. The molecule has 0 aromatic rings. The van der Waals surface area contributed by atoms with Gasteiger partial charge in [0.15, 0.2) is 0 Å². The summed E-state index contributed by atoms with van der Waals surface area (Å²) in [6.07, 6.45) is 1.52. The number of nitrogens with two attached hydrogens (primary N) is 5. The summed E-state index contributed by atoms with van der Waals surface area (Å²) >= 11 is 0. The number of carbonyl (C=O) groups excluding carboxylic acids is 7. The van der Waals surface area contributed by atoms with E-state index in [4.69, 9.17) is 49.0 Å². The van der Waals surface area contributed by atoms with Gasteiger partial charge in [0.05, 0.1) is 17.3 Å². The minimum atomic E-state index is -1.38. The summed E-state index contributed by atoms with van der Waals surface area (Å²) in [7, 11) is 0. The Morgan fingerprint density at radius 1 is 0.729 bits per heavy atom. The van der Waals surface area contributed by atoms with Gasteiger partial charge < -0.3 is 55.4 Å².